The second kappa shape index (κ2) is 7.53. The summed E-state index contributed by atoms with van der Waals surface area (Å²) in [6.45, 7) is 1.37. The molecule has 0 saturated carbocycles. The van der Waals surface area contributed by atoms with Gasteiger partial charge in [-0.3, -0.25) is 4.79 Å². The Balaban J connectivity index is 4.25. The predicted molar refractivity (Wildman–Crippen MR) is 54.4 cm³/mol. The monoisotopic (exact) mass is 237 g/mol. The van der Waals surface area contributed by atoms with Gasteiger partial charge in [-0.25, -0.2) is 0 Å². The fourth-order valence-electron chi connectivity index (χ4n) is 1.03. The maximum atomic E-state index is 11.2. The summed E-state index contributed by atoms with van der Waals surface area (Å²) in [5, 5.41) is 47.7. The van der Waals surface area contributed by atoms with Gasteiger partial charge in [-0.1, -0.05) is 6.92 Å². The molecule has 7 nitrogen and oxygen atoms in total. The fourth-order valence-corrected chi connectivity index (χ4v) is 1.03. The van der Waals surface area contributed by atoms with Crippen LogP contribution in [-0.2, 0) is 4.79 Å². The molecule has 0 aliphatic rings. The number of aliphatic hydroxyl groups is 5. The Hall–Kier alpha value is -0.730. The van der Waals surface area contributed by atoms with Gasteiger partial charge in [0.15, 0.2) is 6.10 Å². The highest BCUT2D eigenvalue weighted by molar-refractivity contribution is 5.81. The SMILES string of the molecule is CCCNC(=O)[C@H](O)[C@@H](O)[C@H](O)[C@H](O)CO. The Kier molecular flexibility index (Phi) is 7.18. The molecule has 0 saturated heterocycles. The first kappa shape index (κ1) is 15.3. The van der Waals surface area contributed by atoms with Crippen molar-refractivity contribution in [2.45, 2.75) is 37.8 Å². The number of nitrogens with one attached hydrogen (secondary N) is 1. The number of aliphatic hydroxyl groups excluding tert-OH is 5. The molecule has 0 aromatic heterocycles. The average Bonchev–Trinajstić information content (AvgIpc) is 2.31. The van der Waals surface area contributed by atoms with Gasteiger partial charge in [0, 0.05) is 6.54 Å². The molecule has 0 spiro atoms. The van der Waals surface area contributed by atoms with Gasteiger partial charge >= 0.3 is 0 Å². The number of amides is 1. The number of rotatable bonds is 7. The lowest BCUT2D eigenvalue weighted by Crippen LogP contribution is -2.51. The van der Waals surface area contributed by atoms with Crippen LogP contribution in [0.5, 0.6) is 0 Å². The molecule has 0 radical (unpaired) electrons. The molecule has 96 valence electrons. The first-order valence-electron chi connectivity index (χ1n) is 5.06. The van der Waals surface area contributed by atoms with Crippen molar-refractivity contribution in [1.82, 2.24) is 5.32 Å². The Morgan fingerprint density at radius 3 is 2.19 bits per heavy atom. The molecule has 0 fully saturated rings. The van der Waals surface area contributed by atoms with Crippen molar-refractivity contribution in [1.29, 1.82) is 0 Å². The summed E-state index contributed by atoms with van der Waals surface area (Å²) in [6, 6.07) is 0. The average molecular weight is 237 g/mol. The fraction of sp³-hybridized carbons (Fsp3) is 0.889. The molecule has 0 bridgehead atoms. The summed E-state index contributed by atoms with van der Waals surface area (Å²) in [7, 11) is 0. The Morgan fingerprint density at radius 2 is 1.75 bits per heavy atom. The topological polar surface area (TPSA) is 130 Å². The van der Waals surface area contributed by atoms with Crippen LogP contribution in [0.25, 0.3) is 0 Å². The van der Waals surface area contributed by atoms with E-state index in [2.05, 4.69) is 5.32 Å². The van der Waals surface area contributed by atoms with Gasteiger partial charge in [0.05, 0.1) is 6.61 Å². The molecule has 0 unspecified atom stereocenters. The van der Waals surface area contributed by atoms with Crippen LogP contribution in [0.15, 0.2) is 0 Å². The van der Waals surface area contributed by atoms with E-state index in [9.17, 15) is 20.1 Å². The quantitative estimate of drug-likeness (QED) is 0.279. The molecule has 0 aromatic carbocycles. The zero-order valence-electron chi connectivity index (χ0n) is 9.08. The van der Waals surface area contributed by atoms with E-state index in [1.165, 1.54) is 0 Å². The van der Waals surface area contributed by atoms with E-state index in [0.29, 0.717) is 13.0 Å². The van der Waals surface area contributed by atoms with Crippen molar-refractivity contribution in [3.63, 3.8) is 0 Å². The van der Waals surface area contributed by atoms with Gasteiger partial charge in [-0.15, -0.1) is 0 Å². The molecular formula is C9H19NO6. The molecule has 0 heterocycles. The van der Waals surface area contributed by atoms with Gasteiger partial charge in [0.2, 0.25) is 0 Å². The van der Waals surface area contributed by atoms with Gasteiger partial charge < -0.3 is 30.8 Å². The summed E-state index contributed by atoms with van der Waals surface area (Å²) < 4.78 is 0. The molecular weight excluding hydrogens is 218 g/mol. The highest BCUT2D eigenvalue weighted by Crippen LogP contribution is 2.05. The minimum Gasteiger partial charge on any atom is -0.394 e. The molecule has 0 rings (SSSR count). The van der Waals surface area contributed by atoms with E-state index in [-0.39, 0.29) is 0 Å². The zero-order valence-corrected chi connectivity index (χ0v) is 9.08. The largest absolute Gasteiger partial charge is 0.394 e. The summed E-state index contributed by atoms with van der Waals surface area (Å²) in [5.41, 5.74) is 0. The minimum absolute atomic E-state index is 0.335. The standard InChI is InChI=1S/C9H19NO6/c1-2-3-10-9(16)8(15)7(14)6(13)5(12)4-11/h5-8,11-15H,2-4H2,1H3,(H,10,16)/t5-,6-,7+,8-/m1/s1. The van der Waals surface area contributed by atoms with E-state index in [4.69, 9.17) is 10.2 Å². The Morgan fingerprint density at radius 1 is 1.19 bits per heavy atom. The predicted octanol–water partition coefficient (Wildman–Crippen LogP) is -3.05. The van der Waals surface area contributed by atoms with Crippen LogP contribution < -0.4 is 5.32 Å². The molecule has 0 aliphatic carbocycles. The number of hydrogen-bond acceptors (Lipinski definition) is 6. The summed E-state index contributed by atoms with van der Waals surface area (Å²) in [5.74, 6) is -0.835. The highest BCUT2D eigenvalue weighted by atomic mass is 16.4. The number of carbonyl (C=O) groups excluding carboxylic acids is 1. The maximum Gasteiger partial charge on any atom is 0.251 e. The molecule has 0 aliphatic heterocycles. The Labute approximate surface area is 93.3 Å². The third-order valence-electron chi connectivity index (χ3n) is 2.07. The number of carbonyl (C=O) groups is 1. The van der Waals surface area contributed by atoms with Crippen molar-refractivity contribution in [3.05, 3.63) is 0 Å². The van der Waals surface area contributed by atoms with Crippen LogP contribution in [0.3, 0.4) is 0 Å². The van der Waals surface area contributed by atoms with E-state index >= 15 is 0 Å². The van der Waals surface area contributed by atoms with Gasteiger partial charge in [0.25, 0.3) is 5.91 Å². The van der Waals surface area contributed by atoms with Crippen molar-refractivity contribution in [2.75, 3.05) is 13.2 Å². The molecule has 16 heavy (non-hydrogen) atoms. The van der Waals surface area contributed by atoms with E-state index in [0.717, 1.165) is 0 Å². The van der Waals surface area contributed by atoms with Gasteiger partial charge in [-0.05, 0) is 6.42 Å². The smallest absolute Gasteiger partial charge is 0.251 e. The summed E-state index contributed by atoms with van der Waals surface area (Å²) in [4.78, 5) is 11.2. The second-order valence-corrected chi connectivity index (χ2v) is 3.47. The normalized spacial score (nSPS) is 18.6. The number of hydrogen-bond donors (Lipinski definition) is 6. The third-order valence-corrected chi connectivity index (χ3v) is 2.07. The maximum absolute atomic E-state index is 11.2. The lowest BCUT2D eigenvalue weighted by molar-refractivity contribution is -0.148. The van der Waals surface area contributed by atoms with Crippen LogP contribution in [0.2, 0.25) is 0 Å². The lowest BCUT2D eigenvalue weighted by Gasteiger charge is -2.24. The van der Waals surface area contributed by atoms with Crippen LogP contribution >= 0.6 is 0 Å². The Bertz CT molecular complexity index is 212. The van der Waals surface area contributed by atoms with Crippen LogP contribution in [0.4, 0.5) is 0 Å². The second-order valence-electron chi connectivity index (χ2n) is 3.47. The van der Waals surface area contributed by atoms with Crippen LogP contribution in [-0.4, -0.2) is 69.0 Å². The zero-order chi connectivity index (χ0) is 12.7. The van der Waals surface area contributed by atoms with E-state index in [1.807, 2.05) is 6.92 Å². The molecule has 6 N–H and O–H groups in total. The van der Waals surface area contributed by atoms with Crippen molar-refractivity contribution in [3.8, 4) is 0 Å². The summed E-state index contributed by atoms with van der Waals surface area (Å²) in [6.07, 6.45) is -6.42. The van der Waals surface area contributed by atoms with Gasteiger partial charge in [0.1, 0.15) is 18.3 Å². The summed E-state index contributed by atoms with van der Waals surface area (Å²) >= 11 is 0. The van der Waals surface area contributed by atoms with Crippen molar-refractivity contribution < 1.29 is 30.3 Å². The molecule has 4 atom stereocenters. The first-order valence-corrected chi connectivity index (χ1v) is 5.06. The van der Waals surface area contributed by atoms with Crippen LogP contribution in [0.1, 0.15) is 13.3 Å². The van der Waals surface area contributed by atoms with Gasteiger partial charge in [-0.2, -0.15) is 0 Å². The first-order chi connectivity index (χ1) is 7.45. The van der Waals surface area contributed by atoms with E-state index < -0.39 is 36.9 Å². The molecule has 0 aromatic rings. The lowest BCUT2D eigenvalue weighted by atomic mass is 10.0. The van der Waals surface area contributed by atoms with E-state index in [1.54, 1.807) is 0 Å². The third kappa shape index (κ3) is 4.42. The molecule has 1 amide bonds. The van der Waals surface area contributed by atoms with Crippen molar-refractivity contribution >= 4 is 5.91 Å². The highest BCUT2D eigenvalue weighted by Gasteiger charge is 2.33. The minimum atomic E-state index is -1.85. The van der Waals surface area contributed by atoms with Crippen LogP contribution in [0, 0.1) is 0 Å². The molecule has 7 heteroatoms. The van der Waals surface area contributed by atoms with Crippen molar-refractivity contribution in [2.24, 2.45) is 0 Å².